The van der Waals surface area contributed by atoms with Crippen LogP contribution >= 0.6 is 27.3 Å². The molecule has 1 aromatic heterocycles. The Morgan fingerprint density at radius 1 is 1.43 bits per heavy atom. The van der Waals surface area contributed by atoms with Crippen LogP contribution in [-0.2, 0) is 0 Å². The number of hydrogen-bond donors (Lipinski definition) is 4. The van der Waals surface area contributed by atoms with Crippen molar-refractivity contribution in [2.45, 2.75) is 0 Å². The highest BCUT2D eigenvalue weighted by atomic mass is 79.9. The van der Waals surface area contributed by atoms with Gasteiger partial charge in [-0.15, -0.1) is 11.3 Å². The Kier molecular flexibility index (Phi) is 5.51. The number of nitrogens with zero attached hydrogens (tertiary/aromatic N) is 4. The highest BCUT2D eigenvalue weighted by molar-refractivity contribution is 9.10. The van der Waals surface area contributed by atoms with E-state index in [2.05, 4.69) is 41.5 Å². The zero-order valence-electron chi connectivity index (χ0n) is 12.0. The lowest BCUT2D eigenvalue weighted by atomic mass is 10.1. The van der Waals surface area contributed by atoms with Crippen molar-refractivity contribution in [1.29, 1.82) is 5.26 Å². The molecule has 0 aliphatic heterocycles. The molecule has 6 N–H and O–H groups in total. The van der Waals surface area contributed by atoms with Crippen molar-refractivity contribution in [2.75, 3.05) is 12.4 Å². The summed E-state index contributed by atoms with van der Waals surface area (Å²) < 4.78 is 0.868. The molecule has 23 heavy (non-hydrogen) atoms. The molecule has 2 aromatic rings. The Balaban J connectivity index is 2.32. The Morgan fingerprint density at radius 3 is 2.87 bits per heavy atom. The molecule has 0 saturated carbocycles. The van der Waals surface area contributed by atoms with Crippen LogP contribution in [0.5, 0.6) is 0 Å². The molecular formula is C13H13BrN8S. The topological polar surface area (TPSA) is 138 Å². The average molecular weight is 393 g/mol. The lowest BCUT2D eigenvalue weighted by Crippen LogP contribution is -2.26. The van der Waals surface area contributed by atoms with Gasteiger partial charge in [0.1, 0.15) is 0 Å². The maximum atomic E-state index is 8.67. The van der Waals surface area contributed by atoms with Crippen LogP contribution in [0.1, 0.15) is 0 Å². The molecule has 0 amide bonds. The third-order valence-electron chi connectivity index (χ3n) is 2.62. The second-order valence-corrected chi connectivity index (χ2v) is 5.87. The van der Waals surface area contributed by atoms with Gasteiger partial charge in [-0.05, 0) is 18.2 Å². The summed E-state index contributed by atoms with van der Waals surface area (Å²) in [6, 6.07) is 5.60. The molecule has 0 bridgehead atoms. The van der Waals surface area contributed by atoms with Gasteiger partial charge in [-0.2, -0.15) is 10.3 Å². The number of rotatable bonds is 3. The zero-order valence-corrected chi connectivity index (χ0v) is 14.4. The minimum Gasteiger partial charge on any atom is -0.370 e. The van der Waals surface area contributed by atoms with Gasteiger partial charge in [0.25, 0.3) is 0 Å². The second kappa shape index (κ2) is 7.57. The van der Waals surface area contributed by atoms with Crippen molar-refractivity contribution in [3.63, 3.8) is 0 Å². The molecule has 0 aliphatic carbocycles. The van der Waals surface area contributed by atoms with E-state index in [4.69, 9.17) is 16.7 Å². The predicted octanol–water partition coefficient (Wildman–Crippen LogP) is 1.95. The summed E-state index contributed by atoms with van der Waals surface area (Å²) in [5.41, 5.74) is 13.0. The van der Waals surface area contributed by atoms with Crippen LogP contribution in [0.4, 0.5) is 10.8 Å². The van der Waals surface area contributed by atoms with Crippen molar-refractivity contribution in [1.82, 2.24) is 10.3 Å². The minimum absolute atomic E-state index is 0.0354. The molecule has 1 aromatic carbocycles. The summed E-state index contributed by atoms with van der Waals surface area (Å²) in [6.45, 7) is 0. The normalized spacial score (nSPS) is 10.7. The number of hydrogen-bond acceptors (Lipinski definition) is 5. The first-order chi connectivity index (χ1) is 11.0. The molecule has 118 valence electrons. The van der Waals surface area contributed by atoms with Gasteiger partial charge in [-0.25, -0.2) is 4.98 Å². The van der Waals surface area contributed by atoms with E-state index in [0.717, 1.165) is 21.4 Å². The Bertz CT molecular complexity index is 801. The molecule has 0 atom stereocenters. The van der Waals surface area contributed by atoms with E-state index >= 15 is 0 Å². The smallest absolute Gasteiger partial charge is 0.212 e. The molecule has 0 saturated heterocycles. The van der Waals surface area contributed by atoms with E-state index in [1.165, 1.54) is 11.3 Å². The maximum Gasteiger partial charge on any atom is 0.212 e. The Morgan fingerprint density at radius 2 is 2.22 bits per heavy atom. The van der Waals surface area contributed by atoms with E-state index in [9.17, 15) is 0 Å². The monoisotopic (exact) mass is 392 g/mol. The largest absolute Gasteiger partial charge is 0.370 e. The van der Waals surface area contributed by atoms with Gasteiger partial charge >= 0.3 is 0 Å². The number of guanidine groups is 2. The fourth-order valence-electron chi connectivity index (χ4n) is 1.68. The number of nitrogens with two attached hydrogens (primary N) is 2. The van der Waals surface area contributed by atoms with E-state index < -0.39 is 0 Å². The number of benzene rings is 1. The van der Waals surface area contributed by atoms with Crippen LogP contribution in [-0.4, -0.2) is 24.0 Å². The molecule has 0 spiro atoms. The number of halogens is 1. The summed E-state index contributed by atoms with van der Waals surface area (Å²) in [5, 5.41) is 16.5. The molecule has 0 fully saturated rings. The van der Waals surface area contributed by atoms with Crippen molar-refractivity contribution < 1.29 is 0 Å². The summed E-state index contributed by atoms with van der Waals surface area (Å²) in [7, 11) is 1.58. The first-order valence-corrected chi connectivity index (χ1v) is 7.94. The van der Waals surface area contributed by atoms with E-state index in [1.807, 2.05) is 29.8 Å². The summed E-state index contributed by atoms with van der Waals surface area (Å²) in [6.07, 6.45) is 1.82. The van der Waals surface area contributed by atoms with Gasteiger partial charge in [0.15, 0.2) is 12.2 Å². The van der Waals surface area contributed by atoms with Gasteiger partial charge in [0, 0.05) is 28.2 Å². The van der Waals surface area contributed by atoms with Crippen LogP contribution in [0.15, 0.2) is 38.0 Å². The second-order valence-electron chi connectivity index (χ2n) is 4.18. The highest BCUT2D eigenvalue weighted by Crippen LogP contribution is 2.33. The first-order valence-electron chi connectivity index (χ1n) is 6.27. The average Bonchev–Trinajstić information content (AvgIpc) is 2.96. The summed E-state index contributed by atoms with van der Waals surface area (Å²) in [5.74, 6) is 0.312. The molecule has 0 unspecified atom stereocenters. The predicted molar refractivity (Wildman–Crippen MR) is 96.5 cm³/mol. The number of anilines is 1. The number of nitriles is 1. The van der Waals surface area contributed by atoms with Gasteiger partial charge in [0.05, 0.1) is 5.69 Å². The molecule has 0 aliphatic rings. The van der Waals surface area contributed by atoms with Gasteiger partial charge in [-0.3, -0.25) is 10.3 Å². The first kappa shape index (κ1) is 16.7. The van der Waals surface area contributed by atoms with Gasteiger partial charge < -0.3 is 16.8 Å². The summed E-state index contributed by atoms with van der Waals surface area (Å²) >= 11 is 4.83. The Labute approximate surface area is 145 Å². The van der Waals surface area contributed by atoms with E-state index in [1.54, 1.807) is 7.05 Å². The third kappa shape index (κ3) is 4.41. The lowest BCUT2D eigenvalue weighted by molar-refractivity contribution is 1.21. The number of aromatic nitrogens is 1. The van der Waals surface area contributed by atoms with Gasteiger partial charge in [0.2, 0.25) is 11.1 Å². The SMILES string of the molecule is CN=C(NC#N)Nc1ccc(Br)c(-c2csc(N=C(N)N)n2)c1. The molecule has 8 nitrogen and oxygen atoms in total. The molecule has 2 rings (SSSR count). The standard InChI is InChI=1S/C13H13BrN8S/c1-18-12(19-6-15)20-7-2-3-9(14)8(4-7)10-5-23-13(21-10)22-11(16)17/h2-5H,1H3,(H2,18,19,20)(H4,16,17,21,22). The quantitative estimate of drug-likeness (QED) is 0.272. The van der Waals surface area contributed by atoms with Crippen LogP contribution < -0.4 is 22.1 Å². The van der Waals surface area contributed by atoms with E-state index in [0.29, 0.717) is 11.1 Å². The van der Waals surface area contributed by atoms with Crippen LogP contribution in [0, 0.1) is 11.5 Å². The number of aliphatic imine (C=N–C) groups is 2. The van der Waals surface area contributed by atoms with Crippen molar-refractivity contribution >= 4 is 50.0 Å². The fraction of sp³-hybridized carbons (Fsp3) is 0.0769. The molecular weight excluding hydrogens is 380 g/mol. The number of nitrogens with one attached hydrogen (secondary N) is 2. The van der Waals surface area contributed by atoms with Crippen LogP contribution in [0.2, 0.25) is 0 Å². The molecule has 0 radical (unpaired) electrons. The van der Waals surface area contributed by atoms with Crippen molar-refractivity contribution in [3.8, 4) is 17.5 Å². The Hall–Kier alpha value is -2.64. The fourth-order valence-corrected chi connectivity index (χ4v) is 2.84. The van der Waals surface area contributed by atoms with Gasteiger partial charge in [-0.1, -0.05) is 15.9 Å². The maximum absolute atomic E-state index is 8.67. The zero-order chi connectivity index (χ0) is 16.8. The summed E-state index contributed by atoms with van der Waals surface area (Å²) in [4.78, 5) is 12.2. The number of thiazole rings is 1. The lowest BCUT2D eigenvalue weighted by Gasteiger charge is -2.09. The molecule has 10 heteroatoms. The minimum atomic E-state index is -0.0354. The third-order valence-corrected chi connectivity index (χ3v) is 4.05. The molecule has 1 heterocycles. The highest BCUT2D eigenvalue weighted by Gasteiger charge is 2.10. The van der Waals surface area contributed by atoms with Crippen molar-refractivity contribution in [3.05, 3.63) is 28.1 Å². The van der Waals surface area contributed by atoms with Crippen molar-refractivity contribution in [2.24, 2.45) is 21.5 Å². The van der Waals surface area contributed by atoms with Crippen LogP contribution in [0.25, 0.3) is 11.3 Å². The van der Waals surface area contributed by atoms with Crippen LogP contribution in [0.3, 0.4) is 0 Å². The van der Waals surface area contributed by atoms with E-state index in [-0.39, 0.29) is 5.96 Å².